The van der Waals surface area contributed by atoms with Gasteiger partial charge in [-0.25, -0.2) is 4.98 Å². The lowest BCUT2D eigenvalue weighted by molar-refractivity contribution is 0.255. The Balaban J connectivity index is 1.44. The Morgan fingerprint density at radius 3 is 2.37 bits per heavy atom. The molecule has 186 valence electrons. The first-order valence-corrected chi connectivity index (χ1v) is 13.3. The van der Waals surface area contributed by atoms with Crippen molar-refractivity contribution in [3.63, 3.8) is 0 Å². The zero-order chi connectivity index (χ0) is 25.0. The summed E-state index contributed by atoms with van der Waals surface area (Å²) in [7, 11) is 2.20. The van der Waals surface area contributed by atoms with Crippen molar-refractivity contribution in [1.29, 1.82) is 0 Å². The molecule has 0 spiro atoms. The number of rotatable bonds is 7. The lowest BCUT2D eigenvalue weighted by atomic mass is 9.89. The number of benzene rings is 2. The number of anilines is 5. The normalized spacial score (nSPS) is 15.1. The van der Waals surface area contributed by atoms with Gasteiger partial charge in [-0.05, 0) is 114 Å². The molecule has 0 amide bonds. The van der Waals surface area contributed by atoms with E-state index in [9.17, 15) is 0 Å². The molecule has 6 nitrogen and oxygen atoms in total. The van der Waals surface area contributed by atoms with E-state index in [1.807, 2.05) is 31.3 Å². The number of aromatic nitrogens is 2. The van der Waals surface area contributed by atoms with Gasteiger partial charge < -0.3 is 20.3 Å². The van der Waals surface area contributed by atoms with Crippen molar-refractivity contribution in [2.45, 2.75) is 51.2 Å². The molecule has 1 aliphatic heterocycles. The molecule has 3 N–H and O–H groups in total. The van der Waals surface area contributed by atoms with Gasteiger partial charge in [-0.3, -0.25) is 0 Å². The molecule has 0 radical (unpaired) electrons. The molecular formula is C27H35ClN6S. The summed E-state index contributed by atoms with van der Waals surface area (Å²) in [6.45, 7) is 10.8. The summed E-state index contributed by atoms with van der Waals surface area (Å²) in [5, 5.41) is 7.44. The van der Waals surface area contributed by atoms with Gasteiger partial charge in [0.25, 0.3) is 0 Å². The van der Waals surface area contributed by atoms with Crippen LogP contribution in [0.3, 0.4) is 0 Å². The number of likely N-dealkylation sites (tertiary alicyclic amines) is 1. The van der Waals surface area contributed by atoms with Crippen molar-refractivity contribution in [2.24, 2.45) is 0 Å². The Morgan fingerprint density at radius 2 is 1.69 bits per heavy atom. The van der Waals surface area contributed by atoms with Crippen LogP contribution in [0.1, 0.15) is 50.7 Å². The van der Waals surface area contributed by atoms with Gasteiger partial charge in [-0.1, -0.05) is 23.7 Å². The standard InChI is InChI=1S/C27H35ClN6S/c1-18-17-29-26(31-21-8-6-19(7-9-21)20-12-14-34(5)15-13-20)32-25(18)30-22-10-11-23(28)24(16-22)33-35-27(2,3)4/h6-11,16-17,20,33H,12-15H2,1-5H3,(H2,29,30,31,32). The summed E-state index contributed by atoms with van der Waals surface area (Å²) in [6.07, 6.45) is 4.27. The van der Waals surface area contributed by atoms with Gasteiger partial charge in [-0.15, -0.1) is 0 Å². The Bertz CT molecular complexity index is 1140. The number of aryl methyl sites for hydroxylation is 1. The topological polar surface area (TPSA) is 65.1 Å². The second-order valence-corrected chi connectivity index (χ2v) is 12.2. The third-order valence-corrected chi connectivity index (χ3v) is 7.29. The fourth-order valence-electron chi connectivity index (χ4n) is 3.96. The van der Waals surface area contributed by atoms with Gasteiger partial charge in [0.15, 0.2) is 0 Å². The van der Waals surface area contributed by atoms with Crippen molar-refractivity contribution in [2.75, 3.05) is 35.5 Å². The van der Waals surface area contributed by atoms with E-state index in [0.29, 0.717) is 16.9 Å². The van der Waals surface area contributed by atoms with E-state index < -0.39 is 0 Å². The highest BCUT2D eigenvalue weighted by atomic mass is 35.5. The second-order valence-electron chi connectivity index (χ2n) is 10.2. The molecule has 35 heavy (non-hydrogen) atoms. The minimum absolute atomic E-state index is 0.0713. The highest BCUT2D eigenvalue weighted by molar-refractivity contribution is 8.01. The van der Waals surface area contributed by atoms with Crippen LogP contribution in [0, 0.1) is 6.92 Å². The molecule has 1 aliphatic rings. The van der Waals surface area contributed by atoms with Crippen LogP contribution in [0.4, 0.5) is 28.8 Å². The first-order chi connectivity index (χ1) is 16.7. The largest absolute Gasteiger partial charge is 0.340 e. The molecule has 0 bridgehead atoms. The summed E-state index contributed by atoms with van der Waals surface area (Å²) in [6, 6.07) is 14.5. The summed E-state index contributed by atoms with van der Waals surface area (Å²) < 4.78 is 3.44. The van der Waals surface area contributed by atoms with Gasteiger partial charge in [-0.2, -0.15) is 4.98 Å². The molecule has 0 atom stereocenters. The average molecular weight is 511 g/mol. The minimum Gasteiger partial charge on any atom is -0.340 e. The highest BCUT2D eigenvalue weighted by Gasteiger charge is 2.18. The second kappa shape index (κ2) is 11.1. The Hall–Kier alpha value is -2.48. The molecule has 1 aromatic heterocycles. The smallest absolute Gasteiger partial charge is 0.229 e. The van der Waals surface area contributed by atoms with Gasteiger partial charge in [0.1, 0.15) is 5.82 Å². The first kappa shape index (κ1) is 25.6. The first-order valence-electron chi connectivity index (χ1n) is 12.1. The Kier molecular flexibility index (Phi) is 8.09. The summed E-state index contributed by atoms with van der Waals surface area (Å²) in [5.41, 5.74) is 5.12. The number of nitrogens with zero attached hydrogens (tertiary/aromatic N) is 3. The number of hydrogen-bond donors (Lipinski definition) is 3. The van der Waals surface area contributed by atoms with Crippen molar-refractivity contribution in [3.8, 4) is 0 Å². The van der Waals surface area contributed by atoms with Gasteiger partial charge >= 0.3 is 0 Å². The maximum Gasteiger partial charge on any atom is 0.229 e. The molecule has 1 saturated heterocycles. The van der Waals surface area contributed by atoms with Crippen LogP contribution in [-0.2, 0) is 0 Å². The molecule has 2 heterocycles. The van der Waals surface area contributed by atoms with Gasteiger partial charge in [0.05, 0.1) is 10.7 Å². The lowest BCUT2D eigenvalue weighted by Crippen LogP contribution is -2.29. The monoisotopic (exact) mass is 510 g/mol. The van der Waals surface area contributed by atoms with Crippen molar-refractivity contribution < 1.29 is 0 Å². The van der Waals surface area contributed by atoms with E-state index >= 15 is 0 Å². The number of hydrogen-bond acceptors (Lipinski definition) is 7. The van der Waals surface area contributed by atoms with Crippen molar-refractivity contribution in [1.82, 2.24) is 14.9 Å². The molecule has 2 aromatic carbocycles. The molecule has 4 rings (SSSR count). The van der Waals surface area contributed by atoms with Crippen LogP contribution in [-0.4, -0.2) is 39.8 Å². The highest BCUT2D eigenvalue weighted by Crippen LogP contribution is 2.33. The zero-order valence-electron chi connectivity index (χ0n) is 21.2. The van der Waals surface area contributed by atoms with Crippen LogP contribution >= 0.6 is 23.5 Å². The van der Waals surface area contributed by atoms with Gasteiger partial charge in [0.2, 0.25) is 5.95 Å². The minimum atomic E-state index is 0.0713. The van der Waals surface area contributed by atoms with Crippen LogP contribution in [0.25, 0.3) is 0 Å². The lowest BCUT2D eigenvalue weighted by Gasteiger charge is -2.29. The van der Waals surface area contributed by atoms with Crippen LogP contribution in [0.5, 0.6) is 0 Å². The van der Waals surface area contributed by atoms with E-state index in [2.05, 4.69) is 77.3 Å². The fraction of sp³-hybridized carbons (Fsp3) is 0.407. The molecule has 0 unspecified atom stereocenters. The molecule has 0 saturated carbocycles. The molecule has 3 aromatic rings. The Morgan fingerprint density at radius 1 is 1.00 bits per heavy atom. The number of halogens is 1. The summed E-state index contributed by atoms with van der Waals surface area (Å²) in [5.74, 6) is 1.95. The predicted molar refractivity (Wildman–Crippen MR) is 152 cm³/mol. The summed E-state index contributed by atoms with van der Waals surface area (Å²) >= 11 is 8.03. The van der Waals surface area contributed by atoms with Crippen molar-refractivity contribution in [3.05, 3.63) is 64.8 Å². The number of piperidine rings is 1. The van der Waals surface area contributed by atoms with E-state index in [-0.39, 0.29) is 4.75 Å². The fourth-order valence-corrected chi connectivity index (χ4v) is 4.77. The maximum atomic E-state index is 6.40. The number of nitrogens with one attached hydrogen (secondary N) is 3. The van der Waals surface area contributed by atoms with Gasteiger partial charge in [0, 0.05) is 27.9 Å². The van der Waals surface area contributed by atoms with Crippen LogP contribution < -0.4 is 15.4 Å². The summed E-state index contributed by atoms with van der Waals surface area (Å²) in [4.78, 5) is 11.6. The quantitative estimate of drug-likeness (QED) is 0.283. The van der Waals surface area contributed by atoms with E-state index in [0.717, 1.165) is 41.5 Å². The third-order valence-electron chi connectivity index (χ3n) is 6.02. The average Bonchev–Trinajstić information content (AvgIpc) is 2.82. The third kappa shape index (κ3) is 7.26. The van der Waals surface area contributed by atoms with E-state index in [4.69, 9.17) is 16.6 Å². The van der Waals surface area contributed by atoms with E-state index in [1.54, 1.807) is 11.9 Å². The molecule has 0 aliphatic carbocycles. The molecule has 8 heteroatoms. The van der Waals surface area contributed by atoms with Crippen LogP contribution in [0.15, 0.2) is 48.7 Å². The maximum absolute atomic E-state index is 6.40. The molecular weight excluding hydrogens is 476 g/mol. The SMILES string of the molecule is Cc1cnc(Nc2ccc(C3CCN(C)CC3)cc2)nc1Nc1ccc(Cl)c(NSC(C)(C)C)c1. The van der Waals surface area contributed by atoms with Crippen molar-refractivity contribution >= 4 is 52.4 Å². The molecule has 1 fully saturated rings. The Labute approximate surface area is 218 Å². The van der Waals surface area contributed by atoms with Crippen LogP contribution in [0.2, 0.25) is 5.02 Å². The predicted octanol–water partition coefficient (Wildman–Crippen LogP) is 7.59. The van der Waals surface area contributed by atoms with E-state index in [1.165, 1.54) is 18.4 Å². The zero-order valence-corrected chi connectivity index (χ0v) is 22.7.